The zero-order valence-electron chi connectivity index (χ0n) is 10.8. The Kier molecular flexibility index (Phi) is 4.87. The lowest BCUT2D eigenvalue weighted by atomic mass is 10.0. The number of aromatic amines is 1. The van der Waals surface area contributed by atoms with E-state index < -0.39 is 24.0 Å². The predicted octanol–water partition coefficient (Wildman–Crippen LogP) is -0.00440. The highest BCUT2D eigenvalue weighted by atomic mass is 16.4. The van der Waals surface area contributed by atoms with Gasteiger partial charge in [-0.25, -0.2) is 9.78 Å². The number of hydrogen-bond donors (Lipinski definition) is 5. The van der Waals surface area contributed by atoms with Crippen LogP contribution in [0, 0.1) is 0 Å². The number of nitrogens with zero attached hydrogens (tertiary/aromatic N) is 1. The van der Waals surface area contributed by atoms with E-state index in [0.717, 1.165) is 0 Å². The minimum Gasteiger partial charge on any atom is -0.481 e. The average molecular weight is 270 g/mol. The van der Waals surface area contributed by atoms with Crippen LogP contribution in [0.25, 0.3) is 0 Å². The summed E-state index contributed by atoms with van der Waals surface area (Å²) in [5.74, 6) is -0.524. The number of nitrogens with one attached hydrogen (secondary N) is 3. The van der Waals surface area contributed by atoms with Crippen molar-refractivity contribution >= 4 is 12.0 Å². The summed E-state index contributed by atoms with van der Waals surface area (Å²) in [6.45, 7) is 2.93. The Morgan fingerprint density at radius 2 is 2.26 bits per heavy atom. The lowest BCUT2D eigenvalue weighted by Crippen LogP contribution is -2.46. The largest absolute Gasteiger partial charge is 0.481 e. The van der Waals surface area contributed by atoms with Gasteiger partial charge in [-0.2, -0.15) is 0 Å². The Morgan fingerprint density at radius 3 is 2.79 bits per heavy atom. The van der Waals surface area contributed by atoms with Crippen LogP contribution in [-0.4, -0.2) is 44.3 Å². The third kappa shape index (κ3) is 5.38. The van der Waals surface area contributed by atoms with Crippen molar-refractivity contribution in [3.63, 3.8) is 0 Å². The highest BCUT2D eigenvalue weighted by Gasteiger charge is 2.25. The summed E-state index contributed by atoms with van der Waals surface area (Å²) in [6.07, 6.45) is 2.77. The van der Waals surface area contributed by atoms with E-state index in [9.17, 15) is 14.7 Å². The number of aliphatic carboxylic acids is 1. The van der Waals surface area contributed by atoms with Gasteiger partial charge in [0, 0.05) is 18.9 Å². The van der Waals surface area contributed by atoms with Gasteiger partial charge < -0.3 is 25.8 Å². The normalized spacial score (nSPS) is 15.3. The molecule has 106 valence electrons. The second kappa shape index (κ2) is 6.19. The lowest BCUT2D eigenvalue weighted by molar-refractivity contribution is -0.141. The fraction of sp³-hybridized carbons (Fsp3) is 0.545. The number of carboxylic acid groups (broad SMARTS) is 1. The zero-order valence-corrected chi connectivity index (χ0v) is 10.8. The van der Waals surface area contributed by atoms with Gasteiger partial charge in [0.15, 0.2) is 0 Å². The van der Waals surface area contributed by atoms with E-state index in [0.29, 0.717) is 5.82 Å². The lowest BCUT2D eigenvalue weighted by Gasteiger charge is -2.22. The Balaban J connectivity index is 2.37. The van der Waals surface area contributed by atoms with Crippen molar-refractivity contribution in [3.05, 3.63) is 18.2 Å². The first-order valence-corrected chi connectivity index (χ1v) is 5.78. The SMILES string of the molecule is CC(NC(=O)NCC(C)(O)CC(=O)O)c1ncc[nH]1. The van der Waals surface area contributed by atoms with Crippen LogP contribution in [0.3, 0.4) is 0 Å². The number of amides is 2. The number of carbonyl (C=O) groups is 2. The number of urea groups is 1. The van der Waals surface area contributed by atoms with E-state index in [2.05, 4.69) is 20.6 Å². The Hall–Kier alpha value is -2.09. The Morgan fingerprint density at radius 1 is 1.58 bits per heavy atom. The minimum absolute atomic E-state index is 0.157. The molecule has 0 aliphatic carbocycles. The highest BCUT2D eigenvalue weighted by Crippen LogP contribution is 2.08. The minimum atomic E-state index is -1.49. The standard InChI is InChI=1S/C11H18N4O4/c1-7(9-12-3-4-13-9)15-10(18)14-6-11(2,19)5-8(16)17/h3-4,7,19H,5-6H2,1-2H3,(H,12,13)(H,16,17)(H2,14,15,18). The summed E-state index contributed by atoms with van der Waals surface area (Å²) in [5, 5.41) is 23.3. The van der Waals surface area contributed by atoms with Gasteiger partial charge in [-0.1, -0.05) is 0 Å². The molecule has 0 aromatic carbocycles. The maximum Gasteiger partial charge on any atom is 0.315 e. The van der Waals surface area contributed by atoms with Crippen molar-refractivity contribution in [3.8, 4) is 0 Å². The molecule has 0 saturated heterocycles. The Bertz CT molecular complexity index is 430. The van der Waals surface area contributed by atoms with E-state index >= 15 is 0 Å². The molecule has 8 heteroatoms. The van der Waals surface area contributed by atoms with Gasteiger partial charge in [0.05, 0.1) is 18.1 Å². The van der Waals surface area contributed by atoms with Crippen molar-refractivity contribution < 1.29 is 19.8 Å². The quantitative estimate of drug-likeness (QED) is 0.497. The van der Waals surface area contributed by atoms with Gasteiger partial charge in [-0.15, -0.1) is 0 Å². The Labute approximate surface area is 110 Å². The molecule has 1 rings (SSSR count). The molecule has 0 fully saturated rings. The third-order valence-electron chi connectivity index (χ3n) is 2.44. The van der Waals surface area contributed by atoms with Gasteiger partial charge in [0.1, 0.15) is 5.82 Å². The van der Waals surface area contributed by atoms with Crippen LogP contribution in [-0.2, 0) is 4.79 Å². The van der Waals surface area contributed by atoms with Gasteiger partial charge in [-0.05, 0) is 13.8 Å². The summed E-state index contributed by atoms with van der Waals surface area (Å²) < 4.78 is 0. The molecule has 1 aromatic rings. The van der Waals surface area contributed by atoms with Gasteiger partial charge in [-0.3, -0.25) is 4.79 Å². The van der Waals surface area contributed by atoms with Crippen LogP contribution in [0.2, 0.25) is 0 Å². The first-order valence-electron chi connectivity index (χ1n) is 5.78. The molecule has 2 amide bonds. The maximum absolute atomic E-state index is 11.6. The molecule has 1 heterocycles. The smallest absolute Gasteiger partial charge is 0.315 e. The molecule has 0 aliphatic heterocycles. The molecular weight excluding hydrogens is 252 g/mol. The topological polar surface area (TPSA) is 127 Å². The number of aliphatic hydroxyl groups is 1. The number of carbonyl (C=O) groups excluding carboxylic acids is 1. The molecule has 2 unspecified atom stereocenters. The van der Waals surface area contributed by atoms with Crippen LogP contribution < -0.4 is 10.6 Å². The predicted molar refractivity (Wildman–Crippen MR) is 66.4 cm³/mol. The van der Waals surface area contributed by atoms with Crippen molar-refractivity contribution in [2.45, 2.75) is 31.9 Å². The van der Waals surface area contributed by atoms with Crippen LogP contribution in [0.15, 0.2) is 12.4 Å². The molecule has 5 N–H and O–H groups in total. The number of hydrogen-bond acceptors (Lipinski definition) is 4. The van der Waals surface area contributed by atoms with Crippen LogP contribution >= 0.6 is 0 Å². The van der Waals surface area contributed by atoms with Crippen molar-refractivity contribution in [2.75, 3.05) is 6.54 Å². The second-order valence-electron chi connectivity index (χ2n) is 4.59. The number of H-pyrrole nitrogens is 1. The number of carboxylic acids is 1. The van der Waals surface area contributed by atoms with Crippen LogP contribution in [0.4, 0.5) is 4.79 Å². The van der Waals surface area contributed by atoms with Crippen molar-refractivity contribution in [1.29, 1.82) is 0 Å². The van der Waals surface area contributed by atoms with E-state index in [-0.39, 0.29) is 12.6 Å². The molecule has 2 atom stereocenters. The molecule has 0 radical (unpaired) electrons. The van der Waals surface area contributed by atoms with E-state index in [1.54, 1.807) is 19.3 Å². The van der Waals surface area contributed by atoms with E-state index in [4.69, 9.17) is 5.11 Å². The maximum atomic E-state index is 11.6. The van der Waals surface area contributed by atoms with Crippen LogP contribution in [0.5, 0.6) is 0 Å². The average Bonchev–Trinajstić information content (AvgIpc) is 2.78. The number of imidazole rings is 1. The monoisotopic (exact) mass is 270 g/mol. The van der Waals surface area contributed by atoms with Gasteiger partial charge in [0.25, 0.3) is 0 Å². The summed E-state index contributed by atoms with van der Waals surface area (Å²) in [4.78, 5) is 28.9. The zero-order chi connectivity index (χ0) is 14.5. The van der Waals surface area contributed by atoms with Gasteiger partial charge in [0.2, 0.25) is 0 Å². The molecule has 0 saturated carbocycles. The first kappa shape index (κ1) is 15.0. The summed E-state index contributed by atoms with van der Waals surface area (Å²) in [5.41, 5.74) is -1.49. The molecule has 19 heavy (non-hydrogen) atoms. The second-order valence-corrected chi connectivity index (χ2v) is 4.59. The highest BCUT2D eigenvalue weighted by molar-refractivity contribution is 5.74. The van der Waals surface area contributed by atoms with E-state index in [1.165, 1.54) is 6.92 Å². The van der Waals surface area contributed by atoms with Crippen molar-refractivity contribution in [2.24, 2.45) is 0 Å². The molecule has 0 spiro atoms. The molecule has 1 aromatic heterocycles. The summed E-state index contributed by atoms with van der Waals surface area (Å²) in [7, 11) is 0. The third-order valence-corrected chi connectivity index (χ3v) is 2.44. The molecule has 8 nitrogen and oxygen atoms in total. The fourth-order valence-corrected chi connectivity index (χ4v) is 1.49. The first-order chi connectivity index (χ1) is 8.80. The van der Waals surface area contributed by atoms with Crippen molar-refractivity contribution in [1.82, 2.24) is 20.6 Å². The number of rotatable bonds is 6. The van der Waals surface area contributed by atoms with E-state index in [1.807, 2.05) is 0 Å². The van der Waals surface area contributed by atoms with Crippen LogP contribution in [0.1, 0.15) is 32.1 Å². The summed E-state index contributed by atoms with van der Waals surface area (Å²) >= 11 is 0. The molecular formula is C11H18N4O4. The molecule has 0 aliphatic rings. The van der Waals surface area contributed by atoms with Gasteiger partial charge >= 0.3 is 12.0 Å². The molecule has 0 bridgehead atoms. The summed E-state index contributed by atoms with van der Waals surface area (Å²) in [6, 6.07) is -0.825. The fourth-order valence-electron chi connectivity index (χ4n) is 1.49. The number of aromatic nitrogens is 2.